The number of carboxylic acid groups (broad SMARTS) is 1. The molecule has 0 radical (unpaired) electrons. The normalized spacial score (nSPS) is 11.0. The van der Waals surface area contributed by atoms with Crippen LogP contribution in [-0.2, 0) is 4.79 Å². The highest BCUT2D eigenvalue weighted by molar-refractivity contribution is 9.10. The molecule has 0 fully saturated rings. The van der Waals surface area contributed by atoms with Crippen LogP contribution >= 0.6 is 15.9 Å². The van der Waals surface area contributed by atoms with Crippen LogP contribution in [0.25, 0.3) is 0 Å². The predicted molar refractivity (Wildman–Crippen MR) is 63.0 cm³/mol. The second-order valence-corrected chi connectivity index (χ2v) is 4.57. The number of hydrogen-bond acceptors (Lipinski definition) is 3. The smallest absolute Gasteiger partial charge is 0.347 e. The van der Waals surface area contributed by atoms with Crippen LogP contribution in [0.5, 0.6) is 11.5 Å². The van der Waals surface area contributed by atoms with Crippen molar-refractivity contribution in [1.82, 2.24) is 0 Å². The number of aliphatic carboxylic acids is 1. The number of rotatable bonds is 4. The van der Waals surface area contributed by atoms with Gasteiger partial charge in [-0.05, 0) is 41.9 Å². The fourth-order valence-corrected chi connectivity index (χ4v) is 1.45. The third-order valence-electron chi connectivity index (χ3n) is 2.01. The Morgan fingerprint density at radius 2 is 2.06 bits per heavy atom. The van der Waals surface area contributed by atoms with Gasteiger partial charge < -0.3 is 14.6 Å². The first kappa shape index (κ1) is 12.8. The van der Waals surface area contributed by atoms with E-state index in [1.54, 1.807) is 18.2 Å². The lowest BCUT2D eigenvalue weighted by molar-refractivity contribution is -0.152. The summed E-state index contributed by atoms with van der Waals surface area (Å²) >= 11 is 3.30. The van der Waals surface area contributed by atoms with E-state index < -0.39 is 11.6 Å². The standard InChI is InChI=1S/C11H13BrO4/c1-11(2,10(13)14)16-7-4-5-8(12)9(6-7)15-3/h4-6H,1-3H3,(H,13,14). The van der Waals surface area contributed by atoms with Gasteiger partial charge in [-0.1, -0.05) is 0 Å². The molecule has 0 aromatic heterocycles. The molecular weight excluding hydrogens is 276 g/mol. The van der Waals surface area contributed by atoms with Crippen LogP contribution < -0.4 is 9.47 Å². The molecule has 0 atom stereocenters. The number of benzene rings is 1. The van der Waals surface area contributed by atoms with Gasteiger partial charge in [0.2, 0.25) is 0 Å². The first-order chi connectivity index (χ1) is 7.36. The zero-order valence-corrected chi connectivity index (χ0v) is 10.9. The van der Waals surface area contributed by atoms with E-state index in [2.05, 4.69) is 15.9 Å². The average molecular weight is 289 g/mol. The number of hydrogen-bond donors (Lipinski definition) is 1. The maximum absolute atomic E-state index is 10.9. The highest BCUT2D eigenvalue weighted by Crippen LogP contribution is 2.30. The monoisotopic (exact) mass is 288 g/mol. The molecule has 1 aromatic carbocycles. The fraction of sp³-hybridized carbons (Fsp3) is 0.364. The van der Waals surface area contributed by atoms with Gasteiger partial charge in [0.25, 0.3) is 0 Å². The van der Waals surface area contributed by atoms with E-state index in [0.29, 0.717) is 11.5 Å². The largest absolute Gasteiger partial charge is 0.495 e. The number of halogens is 1. The molecule has 1 rings (SSSR count). The van der Waals surface area contributed by atoms with Crippen LogP contribution in [0, 0.1) is 0 Å². The van der Waals surface area contributed by atoms with Gasteiger partial charge in [0.15, 0.2) is 5.60 Å². The van der Waals surface area contributed by atoms with Crippen LogP contribution in [0.15, 0.2) is 22.7 Å². The van der Waals surface area contributed by atoms with Crippen molar-refractivity contribution in [2.45, 2.75) is 19.4 Å². The van der Waals surface area contributed by atoms with Gasteiger partial charge in [0.1, 0.15) is 11.5 Å². The fourth-order valence-electron chi connectivity index (χ4n) is 1.04. The molecule has 1 N–H and O–H groups in total. The molecular formula is C11H13BrO4. The quantitative estimate of drug-likeness (QED) is 0.926. The van der Waals surface area contributed by atoms with E-state index in [-0.39, 0.29) is 0 Å². The molecule has 5 heteroatoms. The van der Waals surface area contributed by atoms with Crippen LogP contribution in [-0.4, -0.2) is 23.8 Å². The maximum Gasteiger partial charge on any atom is 0.347 e. The number of carbonyl (C=O) groups is 1. The van der Waals surface area contributed by atoms with Gasteiger partial charge in [-0.25, -0.2) is 4.79 Å². The highest BCUT2D eigenvalue weighted by atomic mass is 79.9. The molecule has 0 aliphatic carbocycles. The van der Waals surface area contributed by atoms with Gasteiger partial charge in [-0.2, -0.15) is 0 Å². The van der Waals surface area contributed by atoms with Crippen molar-refractivity contribution in [3.8, 4) is 11.5 Å². The van der Waals surface area contributed by atoms with Crippen molar-refractivity contribution in [2.75, 3.05) is 7.11 Å². The lowest BCUT2D eigenvalue weighted by Crippen LogP contribution is -2.37. The molecule has 16 heavy (non-hydrogen) atoms. The minimum atomic E-state index is -1.27. The summed E-state index contributed by atoms with van der Waals surface area (Å²) in [5.74, 6) is 0.0283. The van der Waals surface area contributed by atoms with Crippen molar-refractivity contribution in [3.05, 3.63) is 22.7 Å². The lowest BCUT2D eigenvalue weighted by Gasteiger charge is -2.21. The number of carboxylic acids is 1. The molecule has 4 nitrogen and oxygen atoms in total. The molecule has 0 unspecified atom stereocenters. The second-order valence-electron chi connectivity index (χ2n) is 3.71. The van der Waals surface area contributed by atoms with Gasteiger partial charge in [-0.3, -0.25) is 0 Å². The predicted octanol–water partition coefficient (Wildman–Crippen LogP) is 2.70. The van der Waals surface area contributed by atoms with E-state index in [0.717, 1.165) is 4.47 Å². The van der Waals surface area contributed by atoms with Gasteiger partial charge in [-0.15, -0.1) is 0 Å². The Morgan fingerprint density at radius 1 is 1.44 bits per heavy atom. The van der Waals surface area contributed by atoms with Crippen molar-refractivity contribution in [1.29, 1.82) is 0 Å². The highest BCUT2D eigenvalue weighted by Gasteiger charge is 2.29. The van der Waals surface area contributed by atoms with Gasteiger partial charge >= 0.3 is 5.97 Å². The minimum Gasteiger partial charge on any atom is -0.495 e. The van der Waals surface area contributed by atoms with Crippen LogP contribution in [0.1, 0.15) is 13.8 Å². The van der Waals surface area contributed by atoms with E-state index >= 15 is 0 Å². The molecule has 0 heterocycles. The summed E-state index contributed by atoms with van der Waals surface area (Å²) in [4.78, 5) is 10.9. The minimum absolute atomic E-state index is 0.451. The number of ether oxygens (including phenoxy) is 2. The maximum atomic E-state index is 10.9. The summed E-state index contributed by atoms with van der Waals surface area (Å²) < 4.78 is 11.2. The molecule has 0 spiro atoms. The topological polar surface area (TPSA) is 55.8 Å². The van der Waals surface area contributed by atoms with Crippen molar-refractivity contribution >= 4 is 21.9 Å². The van der Waals surface area contributed by atoms with E-state index in [9.17, 15) is 4.79 Å². The molecule has 88 valence electrons. The Hall–Kier alpha value is -1.23. The van der Waals surface area contributed by atoms with Gasteiger partial charge in [0, 0.05) is 6.07 Å². The van der Waals surface area contributed by atoms with E-state index in [1.807, 2.05) is 0 Å². The molecule has 0 bridgehead atoms. The Labute approximate surface area is 102 Å². The van der Waals surface area contributed by atoms with Crippen LogP contribution in [0.3, 0.4) is 0 Å². The van der Waals surface area contributed by atoms with E-state index in [4.69, 9.17) is 14.6 Å². The van der Waals surface area contributed by atoms with Crippen LogP contribution in [0.2, 0.25) is 0 Å². The summed E-state index contributed by atoms with van der Waals surface area (Å²) in [7, 11) is 1.53. The molecule has 0 saturated carbocycles. The van der Waals surface area contributed by atoms with E-state index in [1.165, 1.54) is 21.0 Å². The van der Waals surface area contributed by atoms with Crippen molar-refractivity contribution < 1.29 is 19.4 Å². The first-order valence-electron chi connectivity index (χ1n) is 4.63. The Bertz CT molecular complexity index is 401. The van der Waals surface area contributed by atoms with Gasteiger partial charge in [0.05, 0.1) is 11.6 Å². The Kier molecular flexibility index (Phi) is 3.80. The third-order valence-corrected chi connectivity index (χ3v) is 2.67. The Balaban J connectivity index is 2.94. The molecule has 1 aromatic rings. The van der Waals surface area contributed by atoms with Crippen molar-refractivity contribution in [3.63, 3.8) is 0 Å². The summed E-state index contributed by atoms with van der Waals surface area (Å²) in [5.41, 5.74) is -1.27. The second kappa shape index (κ2) is 4.74. The summed E-state index contributed by atoms with van der Waals surface area (Å²) in [5, 5.41) is 8.92. The molecule has 0 amide bonds. The Morgan fingerprint density at radius 3 is 2.56 bits per heavy atom. The SMILES string of the molecule is COc1cc(OC(C)(C)C(=O)O)ccc1Br. The molecule has 0 aliphatic rings. The molecule has 0 saturated heterocycles. The lowest BCUT2D eigenvalue weighted by atomic mass is 10.1. The van der Waals surface area contributed by atoms with Crippen LogP contribution in [0.4, 0.5) is 0 Å². The summed E-state index contributed by atoms with van der Waals surface area (Å²) in [6.07, 6.45) is 0. The zero-order chi connectivity index (χ0) is 12.3. The molecule has 0 aliphatic heterocycles. The third kappa shape index (κ3) is 2.88. The van der Waals surface area contributed by atoms with Crippen molar-refractivity contribution in [2.24, 2.45) is 0 Å². The first-order valence-corrected chi connectivity index (χ1v) is 5.42. The summed E-state index contributed by atoms with van der Waals surface area (Å²) in [6.45, 7) is 2.98. The summed E-state index contributed by atoms with van der Waals surface area (Å²) in [6, 6.07) is 5.05. The number of methoxy groups -OCH3 is 1. The average Bonchev–Trinajstić information content (AvgIpc) is 2.20. The zero-order valence-electron chi connectivity index (χ0n) is 9.28.